The van der Waals surface area contributed by atoms with Crippen molar-refractivity contribution < 1.29 is 9.59 Å². The smallest absolute Gasteiger partial charge is 0.253 e. The average molecular weight is 435 g/mol. The zero-order chi connectivity index (χ0) is 22.2. The van der Waals surface area contributed by atoms with Gasteiger partial charge in [0.05, 0.1) is 12.0 Å². The van der Waals surface area contributed by atoms with Crippen LogP contribution >= 0.6 is 0 Å². The Morgan fingerprint density at radius 2 is 1.56 bits per heavy atom. The van der Waals surface area contributed by atoms with Crippen LogP contribution < -0.4 is 15.5 Å². The summed E-state index contributed by atoms with van der Waals surface area (Å²) in [4.78, 5) is 29.9. The van der Waals surface area contributed by atoms with Crippen molar-refractivity contribution in [2.45, 2.75) is 38.1 Å². The molecule has 2 amide bonds. The number of anilines is 1. The number of benzene rings is 2. The highest BCUT2D eigenvalue weighted by molar-refractivity contribution is 5.99. The maximum Gasteiger partial charge on any atom is 0.253 e. The largest absolute Gasteiger partial charge is 0.371 e. The van der Waals surface area contributed by atoms with E-state index in [1.807, 2.05) is 54.6 Å². The molecule has 2 saturated heterocycles. The minimum atomic E-state index is -0.00177. The summed E-state index contributed by atoms with van der Waals surface area (Å²) in [6, 6.07) is 17.9. The maximum absolute atomic E-state index is 12.9. The number of rotatable bonds is 8. The minimum absolute atomic E-state index is 0.00177. The van der Waals surface area contributed by atoms with Crippen LogP contribution in [-0.4, -0.2) is 62.0 Å². The Hall–Kier alpha value is -2.86. The molecule has 2 aliphatic heterocycles. The van der Waals surface area contributed by atoms with Gasteiger partial charge in [-0.15, -0.1) is 0 Å². The number of hydrogen-bond donors (Lipinski definition) is 2. The van der Waals surface area contributed by atoms with E-state index in [1.54, 1.807) is 0 Å². The number of hydrogen-bond acceptors (Lipinski definition) is 4. The summed E-state index contributed by atoms with van der Waals surface area (Å²) < 4.78 is 0. The highest BCUT2D eigenvalue weighted by atomic mass is 16.2. The van der Waals surface area contributed by atoms with Gasteiger partial charge in [0, 0.05) is 37.9 Å². The van der Waals surface area contributed by atoms with Crippen molar-refractivity contribution in [3.05, 3.63) is 65.7 Å². The van der Waals surface area contributed by atoms with Crippen LogP contribution in [0.2, 0.25) is 0 Å². The topological polar surface area (TPSA) is 64.7 Å². The first-order chi connectivity index (χ1) is 15.7. The second kappa shape index (κ2) is 11.1. The molecule has 4 rings (SSSR count). The third-order valence-electron chi connectivity index (χ3n) is 6.47. The Morgan fingerprint density at radius 3 is 2.31 bits per heavy atom. The molecule has 2 aromatic rings. The molecular formula is C26H34N4O2. The van der Waals surface area contributed by atoms with Gasteiger partial charge in [0.15, 0.2) is 0 Å². The van der Waals surface area contributed by atoms with Gasteiger partial charge >= 0.3 is 0 Å². The van der Waals surface area contributed by atoms with Crippen molar-refractivity contribution in [2.24, 2.45) is 0 Å². The van der Waals surface area contributed by atoms with Crippen LogP contribution in [0, 0.1) is 0 Å². The molecule has 0 aromatic heterocycles. The molecule has 2 aromatic carbocycles. The number of carbonyl (C=O) groups is 2. The van der Waals surface area contributed by atoms with E-state index in [4.69, 9.17) is 0 Å². The van der Waals surface area contributed by atoms with E-state index in [0.717, 1.165) is 62.4 Å². The van der Waals surface area contributed by atoms with E-state index in [2.05, 4.69) is 20.4 Å². The molecule has 0 aliphatic carbocycles. The Labute approximate surface area is 191 Å². The quantitative estimate of drug-likeness (QED) is 0.671. The van der Waals surface area contributed by atoms with Crippen LogP contribution in [0.1, 0.15) is 41.6 Å². The zero-order valence-electron chi connectivity index (χ0n) is 18.8. The standard InChI is InChI=1S/C26H34N4O2/c31-25(20-21-8-2-1-3-9-21)28-22-12-17-30(18-13-22)24-11-5-4-10-23(24)26(32)27-14-19-29-15-6-7-16-29/h1-5,8-11,22H,6-7,12-20H2,(H,27,32)(H,28,31). The van der Waals surface area contributed by atoms with E-state index in [0.29, 0.717) is 13.0 Å². The second-order valence-electron chi connectivity index (χ2n) is 8.81. The van der Waals surface area contributed by atoms with Crippen molar-refractivity contribution in [3.8, 4) is 0 Å². The Morgan fingerprint density at radius 1 is 0.875 bits per heavy atom. The van der Waals surface area contributed by atoms with Gasteiger partial charge in [-0.05, 0) is 56.5 Å². The molecule has 0 radical (unpaired) electrons. The van der Waals surface area contributed by atoms with Crippen molar-refractivity contribution >= 4 is 17.5 Å². The average Bonchev–Trinajstić information content (AvgIpc) is 3.34. The van der Waals surface area contributed by atoms with Crippen LogP contribution in [0.5, 0.6) is 0 Å². The molecule has 0 unspecified atom stereocenters. The molecule has 2 heterocycles. The third-order valence-corrected chi connectivity index (χ3v) is 6.47. The fourth-order valence-corrected chi connectivity index (χ4v) is 4.70. The first-order valence-electron chi connectivity index (χ1n) is 11.9. The third kappa shape index (κ3) is 6.10. The SMILES string of the molecule is O=C(Cc1ccccc1)NC1CCN(c2ccccc2C(=O)NCCN2CCCC2)CC1. The van der Waals surface area contributed by atoms with Gasteiger partial charge in [-0.2, -0.15) is 0 Å². The van der Waals surface area contributed by atoms with Crippen LogP contribution in [0.15, 0.2) is 54.6 Å². The number of para-hydroxylation sites is 1. The summed E-state index contributed by atoms with van der Waals surface area (Å²) in [6.07, 6.45) is 4.71. The lowest BCUT2D eigenvalue weighted by Crippen LogP contribution is -2.45. The summed E-state index contributed by atoms with van der Waals surface area (Å²) in [6.45, 7) is 5.54. The maximum atomic E-state index is 12.9. The number of piperidine rings is 1. The molecule has 32 heavy (non-hydrogen) atoms. The number of nitrogens with zero attached hydrogens (tertiary/aromatic N) is 2. The Balaban J connectivity index is 1.26. The molecule has 0 spiro atoms. The number of likely N-dealkylation sites (tertiary alicyclic amines) is 1. The van der Waals surface area contributed by atoms with Crippen molar-refractivity contribution in [1.82, 2.24) is 15.5 Å². The van der Waals surface area contributed by atoms with Crippen LogP contribution in [0.25, 0.3) is 0 Å². The molecule has 6 heteroatoms. The summed E-state index contributed by atoms with van der Waals surface area (Å²) in [5, 5.41) is 6.28. The molecule has 6 nitrogen and oxygen atoms in total. The fourth-order valence-electron chi connectivity index (χ4n) is 4.70. The van der Waals surface area contributed by atoms with Gasteiger partial charge in [-0.1, -0.05) is 42.5 Å². The van der Waals surface area contributed by atoms with Crippen LogP contribution in [-0.2, 0) is 11.2 Å². The van der Waals surface area contributed by atoms with Crippen LogP contribution in [0.3, 0.4) is 0 Å². The Kier molecular flexibility index (Phi) is 7.77. The van der Waals surface area contributed by atoms with Gasteiger partial charge in [0.2, 0.25) is 5.91 Å². The first kappa shape index (κ1) is 22.3. The summed E-state index contributed by atoms with van der Waals surface area (Å²) in [5.41, 5.74) is 2.76. The molecule has 2 fully saturated rings. The molecule has 0 atom stereocenters. The zero-order valence-corrected chi connectivity index (χ0v) is 18.8. The van der Waals surface area contributed by atoms with E-state index < -0.39 is 0 Å². The van der Waals surface area contributed by atoms with Crippen molar-refractivity contribution in [3.63, 3.8) is 0 Å². The monoisotopic (exact) mass is 434 g/mol. The van der Waals surface area contributed by atoms with E-state index in [9.17, 15) is 9.59 Å². The number of nitrogens with one attached hydrogen (secondary N) is 2. The van der Waals surface area contributed by atoms with Gasteiger partial charge in [0.1, 0.15) is 0 Å². The predicted molar refractivity (Wildman–Crippen MR) is 128 cm³/mol. The first-order valence-corrected chi connectivity index (χ1v) is 11.9. The predicted octanol–water partition coefficient (Wildman–Crippen LogP) is 2.84. The number of amides is 2. The lowest BCUT2D eigenvalue weighted by molar-refractivity contribution is -0.121. The fraction of sp³-hybridized carbons (Fsp3) is 0.462. The molecule has 2 N–H and O–H groups in total. The van der Waals surface area contributed by atoms with Gasteiger partial charge in [0.25, 0.3) is 5.91 Å². The minimum Gasteiger partial charge on any atom is -0.371 e. The lowest BCUT2D eigenvalue weighted by atomic mass is 10.0. The highest BCUT2D eigenvalue weighted by Gasteiger charge is 2.24. The van der Waals surface area contributed by atoms with Gasteiger partial charge < -0.3 is 20.4 Å². The molecular weight excluding hydrogens is 400 g/mol. The number of carbonyl (C=O) groups excluding carboxylic acids is 2. The van der Waals surface area contributed by atoms with Crippen LogP contribution in [0.4, 0.5) is 5.69 Å². The molecule has 2 aliphatic rings. The lowest BCUT2D eigenvalue weighted by Gasteiger charge is -2.35. The molecule has 170 valence electrons. The summed E-state index contributed by atoms with van der Waals surface area (Å²) in [5.74, 6) is 0.0746. The molecule has 0 bridgehead atoms. The molecule has 0 saturated carbocycles. The summed E-state index contributed by atoms with van der Waals surface area (Å²) >= 11 is 0. The van der Waals surface area contributed by atoms with Crippen molar-refractivity contribution in [1.29, 1.82) is 0 Å². The highest BCUT2D eigenvalue weighted by Crippen LogP contribution is 2.24. The van der Waals surface area contributed by atoms with E-state index in [1.165, 1.54) is 12.8 Å². The van der Waals surface area contributed by atoms with E-state index >= 15 is 0 Å². The summed E-state index contributed by atoms with van der Waals surface area (Å²) in [7, 11) is 0. The van der Waals surface area contributed by atoms with Gasteiger partial charge in [-0.25, -0.2) is 0 Å². The van der Waals surface area contributed by atoms with Gasteiger partial charge in [-0.3, -0.25) is 9.59 Å². The van der Waals surface area contributed by atoms with E-state index in [-0.39, 0.29) is 17.9 Å². The normalized spacial score (nSPS) is 17.3. The second-order valence-corrected chi connectivity index (χ2v) is 8.81. The van der Waals surface area contributed by atoms with Crippen molar-refractivity contribution in [2.75, 3.05) is 44.2 Å². The Bertz CT molecular complexity index is 888.